The number of hydrogen-bond acceptors (Lipinski definition) is 5. The molecule has 0 saturated heterocycles. The molecule has 0 spiro atoms. The predicted molar refractivity (Wildman–Crippen MR) is 101 cm³/mol. The molecule has 0 bridgehead atoms. The number of rotatable bonds is 4. The molecular formula is C20H15N7. The van der Waals surface area contributed by atoms with Gasteiger partial charge in [0.25, 0.3) is 0 Å². The van der Waals surface area contributed by atoms with E-state index in [-0.39, 0.29) is 0 Å². The van der Waals surface area contributed by atoms with E-state index in [0.29, 0.717) is 17.9 Å². The Kier molecular flexibility index (Phi) is 3.68. The highest BCUT2D eigenvalue weighted by Gasteiger charge is 2.11. The van der Waals surface area contributed by atoms with Crippen LogP contribution in [0.3, 0.4) is 0 Å². The van der Waals surface area contributed by atoms with Crippen LogP contribution in [0.2, 0.25) is 0 Å². The fraction of sp³-hybridized carbons (Fsp3) is 0.0500. The number of nitrogens with one attached hydrogen (secondary N) is 1. The molecule has 5 aromatic rings. The maximum absolute atomic E-state index is 4.64. The molecular weight excluding hydrogens is 338 g/mol. The average molecular weight is 353 g/mol. The zero-order valence-corrected chi connectivity index (χ0v) is 14.3. The molecule has 0 fully saturated rings. The standard InChI is InChI=1S/C20H15N7/c1-3-10-21-15(6-1)16-7-5-8-17(23-16)20-24-18(25-26-20)12-14-13-27-11-4-2-9-19(27)22-14/h1-11,13H,12H2,(H,24,25,26). The molecule has 5 heterocycles. The van der Waals surface area contributed by atoms with E-state index in [1.54, 1.807) is 6.20 Å². The van der Waals surface area contributed by atoms with Gasteiger partial charge in [0, 0.05) is 18.6 Å². The van der Waals surface area contributed by atoms with Crippen molar-refractivity contribution >= 4 is 5.65 Å². The zero-order chi connectivity index (χ0) is 18.1. The number of aromatic nitrogens is 7. The van der Waals surface area contributed by atoms with E-state index < -0.39 is 0 Å². The van der Waals surface area contributed by atoms with Crippen molar-refractivity contribution in [1.82, 2.24) is 34.5 Å². The number of nitrogens with zero attached hydrogens (tertiary/aromatic N) is 6. The highest BCUT2D eigenvalue weighted by molar-refractivity contribution is 5.59. The number of fused-ring (bicyclic) bond motifs is 1. The number of hydrogen-bond donors (Lipinski definition) is 1. The third-order valence-corrected chi connectivity index (χ3v) is 4.20. The molecule has 0 aliphatic heterocycles. The van der Waals surface area contributed by atoms with E-state index in [1.807, 2.05) is 71.4 Å². The number of pyridine rings is 3. The number of H-pyrrole nitrogens is 1. The first kappa shape index (κ1) is 15.4. The summed E-state index contributed by atoms with van der Waals surface area (Å²) in [5.74, 6) is 1.31. The number of aromatic amines is 1. The molecule has 0 saturated carbocycles. The fourth-order valence-corrected chi connectivity index (χ4v) is 2.95. The van der Waals surface area contributed by atoms with E-state index in [2.05, 4.69) is 30.1 Å². The quantitative estimate of drug-likeness (QED) is 0.536. The van der Waals surface area contributed by atoms with Gasteiger partial charge in [-0.25, -0.2) is 15.0 Å². The van der Waals surface area contributed by atoms with Gasteiger partial charge in [-0.3, -0.25) is 10.1 Å². The van der Waals surface area contributed by atoms with Crippen molar-refractivity contribution in [3.8, 4) is 22.9 Å². The summed E-state index contributed by atoms with van der Waals surface area (Å²) < 4.78 is 1.99. The normalized spacial score (nSPS) is 11.1. The van der Waals surface area contributed by atoms with E-state index in [4.69, 9.17) is 0 Å². The monoisotopic (exact) mass is 353 g/mol. The Morgan fingerprint density at radius 2 is 1.70 bits per heavy atom. The van der Waals surface area contributed by atoms with E-state index >= 15 is 0 Å². The molecule has 7 heteroatoms. The molecule has 27 heavy (non-hydrogen) atoms. The SMILES string of the molecule is c1ccc(-c2cccc(-c3n[nH]c(Cc4cn5ccccc5n4)n3)n2)nc1. The van der Waals surface area contributed by atoms with Crippen LogP contribution >= 0.6 is 0 Å². The Morgan fingerprint density at radius 3 is 2.59 bits per heavy atom. The van der Waals surface area contributed by atoms with Crippen LogP contribution in [0, 0.1) is 0 Å². The second-order valence-electron chi connectivity index (χ2n) is 6.10. The molecule has 0 aliphatic carbocycles. The third kappa shape index (κ3) is 3.06. The molecule has 0 amide bonds. The van der Waals surface area contributed by atoms with Gasteiger partial charge >= 0.3 is 0 Å². The van der Waals surface area contributed by atoms with Crippen LogP contribution in [0.15, 0.2) is 73.2 Å². The van der Waals surface area contributed by atoms with E-state index in [1.165, 1.54) is 0 Å². The fourth-order valence-electron chi connectivity index (χ4n) is 2.95. The molecule has 0 radical (unpaired) electrons. The lowest BCUT2D eigenvalue weighted by molar-refractivity contribution is 0.952. The van der Waals surface area contributed by atoms with Gasteiger partial charge in [0.2, 0.25) is 0 Å². The minimum absolute atomic E-state index is 0.562. The van der Waals surface area contributed by atoms with Gasteiger partial charge in [-0.15, -0.1) is 0 Å². The Hall–Kier alpha value is -3.87. The molecule has 5 rings (SSSR count). The summed E-state index contributed by atoms with van der Waals surface area (Å²) in [5, 5.41) is 7.31. The molecule has 0 aromatic carbocycles. The Balaban J connectivity index is 1.42. The van der Waals surface area contributed by atoms with Crippen molar-refractivity contribution < 1.29 is 0 Å². The Labute approximate surface area is 154 Å². The van der Waals surface area contributed by atoms with Crippen LogP contribution in [0.5, 0.6) is 0 Å². The van der Waals surface area contributed by atoms with Crippen LogP contribution in [0.25, 0.3) is 28.6 Å². The largest absolute Gasteiger partial charge is 0.307 e. The Bertz CT molecular complexity index is 1170. The van der Waals surface area contributed by atoms with Crippen molar-refractivity contribution in [3.05, 3.63) is 84.7 Å². The van der Waals surface area contributed by atoms with Crippen LogP contribution in [0.1, 0.15) is 11.5 Å². The van der Waals surface area contributed by atoms with Gasteiger partial charge < -0.3 is 4.40 Å². The summed E-state index contributed by atoms with van der Waals surface area (Å²) in [6, 6.07) is 17.4. The molecule has 7 nitrogen and oxygen atoms in total. The van der Waals surface area contributed by atoms with Gasteiger partial charge in [0.1, 0.15) is 17.2 Å². The number of imidazole rings is 1. The molecule has 1 N–H and O–H groups in total. The van der Waals surface area contributed by atoms with Crippen LogP contribution in [-0.4, -0.2) is 34.5 Å². The van der Waals surface area contributed by atoms with Gasteiger partial charge in [-0.1, -0.05) is 18.2 Å². The van der Waals surface area contributed by atoms with Crippen molar-refractivity contribution in [2.75, 3.05) is 0 Å². The van der Waals surface area contributed by atoms with Gasteiger partial charge in [-0.2, -0.15) is 5.10 Å². The lowest BCUT2D eigenvalue weighted by Gasteiger charge is -2.01. The molecule has 5 aromatic heterocycles. The summed E-state index contributed by atoms with van der Waals surface area (Å²) in [7, 11) is 0. The third-order valence-electron chi connectivity index (χ3n) is 4.20. The van der Waals surface area contributed by atoms with Crippen molar-refractivity contribution in [1.29, 1.82) is 0 Å². The average Bonchev–Trinajstić information content (AvgIpc) is 3.35. The Morgan fingerprint density at radius 1 is 0.815 bits per heavy atom. The van der Waals surface area contributed by atoms with Crippen molar-refractivity contribution in [3.63, 3.8) is 0 Å². The first-order valence-electron chi connectivity index (χ1n) is 8.58. The highest BCUT2D eigenvalue weighted by atomic mass is 15.2. The maximum Gasteiger partial charge on any atom is 0.199 e. The second-order valence-corrected chi connectivity index (χ2v) is 6.10. The van der Waals surface area contributed by atoms with Gasteiger partial charge in [0.05, 0.1) is 23.5 Å². The smallest absolute Gasteiger partial charge is 0.199 e. The second kappa shape index (κ2) is 6.45. The van der Waals surface area contributed by atoms with Crippen molar-refractivity contribution in [2.45, 2.75) is 6.42 Å². The summed E-state index contributed by atoms with van der Waals surface area (Å²) in [5.41, 5.74) is 4.16. The predicted octanol–water partition coefficient (Wildman–Crippen LogP) is 3.17. The summed E-state index contributed by atoms with van der Waals surface area (Å²) in [4.78, 5) is 18.2. The first-order valence-corrected chi connectivity index (χ1v) is 8.58. The van der Waals surface area contributed by atoms with Gasteiger partial charge in [0.15, 0.2) is 5.82 Å². The maximum atomic E-state index is 4.64. The molecule has 0 atom stereocenters. The van der Waals surface area contributed by atoms with E-state index in [0.717, 1.165) is 28.6 Å². The van der Waals surface area contributed by atoms with E-state index in [9.17, 15) is 0 Å². The topological polar surface area (TPSA) is 84.7 Å². The minimum Gasteiger partial charge on any atom is -0.307 e. The summed E-state index contributed by atoms with van der Waals surface area (Å²) in [6.45, 7) is 0. The molecule has 130 valence electrons. The lowest BCUT2D eigenvalue weighted by atomic mass is 10.2. The summed E-state index contributed by atoms with van der Waals surface area (Å²) in [6.07, 6.45) is 6.31. The lowest BCUT2D eigenvalue weighted by Crippen LogP contribution is -1.92. The van der Waals surface area contributed by atoms with Crippen LogP contribution in [-0.2, 0) is 6.42 Å². The summed E-state index contributed by atoms with van der Waals surface area (Å²) >= 11 is 0. The van der Waals surface area contributed by atoms with Gasteiger partial charge in [-0.05, 0) is 36.4 Å². The zero-order valence-electron chi connectivity index (χ0n) is 14.3. The minimum atomic E-state index is 0.562. The van der Waals surface area contributed by atoms with Crippen molar-refractivity contribution in [2.24, 2.45) is 0 Å². The molecule has 0 unspecified atom stereocenters. The molecule has 0 aliphatic rings. The van der Waals surface area contributed by atoms with Crippen LogP contribution in [0.4, 0.5) is 0 Å². The van der Waals surface area contributed by atoms with Crippen LogP contribution < -0.4 is 0 Å². The highest BCUT2D eigenvalue weighted by Crippen LogP contribution is 2.19. The first-order chi connectivity index (χ1) is 13.3.